The minimum Gasteiger partial charge on any atom is -0.383 e. The van der Waals surface area contributed by atoms with Crippen molar-refractivity contribution in [2.45, 2.75) is 43.8 Å². The van der Waals surface area contributed by atoms with Gasteiger partial charge >= 0.3 is 0 Å². The van der Waals surface area contributed by atoms with Gasteiger partial charge in [0, 0.05) is 52.3 Å². The van der Waals surface area contributed by atoms with Gasteiger partial charge in [-0.15, -0.1) is 11.3 Å². The van der Waals surface area contributed by atoms with E-state index in [0.717, 1.165) is 44.5 Å². The fraction of sp³-hybridized carbons (Fsp3) is 0.536. The summed E-state index contributed by atoms with van der Waals surface area (Å²) in [7, 11) is 1.69. The van der Waals surface area contributed by atoms with Crippen molar-refractivity contribution < 1.29 is 18.7 Å². The number of benzene rings is 1. The first-order valence-electron chi connectivity index (χ1n) is 13.3. The van der Waals surface area contributed by atoms with Crippen molar-refractivity contribution in [3.05, 3.63) is 45.9 Å². The van der Waals surface area contributed by atoms with Crippen LogP contribution in [0.3, 0.4) is 0 Å². The number of nitrogens with one attached hydrogen (secondary N) is 2. The third kappa shape index (κ3) is 5.91. The zero-order chi connectivity index (χ0) is 26.6. The average Bonchev–Trinajstić information content (AvgIpc) is 3.70. The summed E-state index contributed by atoms with van der Waals surface area (Å²) in [5, 5.41) is 17.6. The minimum atomic E-state index is -0.802. The van der Waals surface area contributed by atoms with Crippen molar-refractivity contribution in [2.75, 3.05) is 46.4 Å². The number of carbonyl (C=O) groups is 2. The largest absolute Gasteiger partial charge is 0.383 e. The number of rotatable bonds is 9. The summed E-state index contributed by atoms with van der Waals surface area (Å²) in [6.45, 7) is 4.54. The lowest BCUT2D eigenvalue weighted by molar-refractivity contribution is -0.124. The third-order valence-electron chi connectivity index (χ3n) is 8.01. The van der Waals surface area contributed by atoms with Gasteiger partial charge in [0.1, 0.15) is 11.9 Å². The van der Waals surface area contributed by atoms with Crippen molar-refractivity contribution >= 4 is 23.2 Å². The lowest BCUT2D eigenvalue weighted by Gasteiger charge is -2.34. The third-order valence-corrected chi connectivity index (χ3v) is 8.92. The Morgan fingerprint density at radius 2 is 2.05 bits per heavy atom. The summed E-state index contributed by atoms with van der Waals surface area (Å²) < 4.78 is 20.2. The van der Waals surface area contributed by atoms with E-state index in [0.29, 0.717) is 47.7 Å². The van der Waals surface area contributed by atoms with Gasteiger partial charge in [-0.1, -0.05) is 12.1 Å². The summed E-state index contributed by atoms with van der Waals surface area (Å²) in [6.07, 6.45) is 3.23. The highest BCUT2D eigenvalue weighted by Gasteiger charge is 2.43. The van der Waals surface area contributed by atoms with Gasteiger partial charge in [0.2, 0.25) is 5.91 Å². The average molecular weight is 540 g/mol. The highest BCUT2D eigenvalue weighted by molar-refractivity contribution is 7.12. The van der Waals surface area contributed by atoms with Crippen molar-refractivity contribution in [3.63, 3.8) is 0 Å². The maximum Gasteiger partial charge on any atom is 0.264 e. The molecule has 38 heavy (non-hydrogen) atoms. The highest BCUT2D eigenvalue weighted by atomic mass is 32.1. The Balaban J connectivity index is 1.17. The van der Waals surface area contributed by atoms with E-state index >= 15 is 4.39 Å². The van der Waals surface area contributed by atoms with Gasteiger partial charge in [0.05, 0.1) is 23.6 Å². The van der Waals surface area contributed by atoms with E-state index in [9.17, 15) is 14.9 Å². The van der Waals surface area contributed by atoms with Crippen LogP contribution in [0.4, 0.5) is 4.39 Å². The Hall–Kier alpha value is -2.84. The Kier molecular flexibility index (Phi) is 8.39. The van der Waals surface area contributed by atoms with Crippen LogP contribution in [-0.4, -0.2) is 86.2 Å². The molecule has 10 heteroatoms. The maximum atomic E-state index is 15.1. The number of nitrogens with zero attached hydrogens (tertiary/aromatic N) is 3. The second-order valence-corrected chi connectivity index (χ2v) is 11.4. The number of methoxy groups -OCH3 is 1. The fourth-order valence-corrected chi connectivity index (χ4v) is 6.69. The molecule has 4 atom stereocenters. The lowest BCUT2D eigenvalue weighted by atomic mass is 9.98. The Labute approximate surface area is 226 Å². The molecule has 202 valence electrons. The molecule has 1 aromatic carbocycles. The quantitative estimate of drug-likeness (QED) is 0.509. The number of fused-ring (bicyclic) bond motifs is 2. The van der Waals surface area contributed by atoms with Crippen molar-refractivity contribution in [2.24, 2.45) is 5.92 Å². The molecule has 1 aromatic heterocycles. The number of nitriles is 1. The van der Waals surface area contributed by atoms with E-state index in [4.69, 9.17) is 4.74 Å². The standard InChI is InChI=1S/C28H34FN5O3S/c1-37-11-10-33-6-8-34(9-7-33)28(36)25-15-21(17-38-25)18-2-3-19(24(29)14-18)12-23(16-30)32-27(35)26-20-4-5-22(13-20)31-26/h2-3,14-15,17,20,22-23,26,31H,4-13H2,1H3,(H,32,35)/t20-,22+,23-,26-/m0/s1. The Morgan fingerprint density at radius 1 is 1.24 bits per heavy atom. The first-order chi connectivity index (χ1) is 18.4. The summed E-state index contributed by atoms with van der Waals surface area (Å²) in [4.78, 5) is 30.5. The molecule has 2 aromatic rings. The number of ether oxygens (including phenoxy) is 1. The molecular weight excluding hydrogens is 505 g/mol. The first kappa shape index (κ1) is 26.8. The van der Waals surface area contributed by atoms with Crippen LogP contribution < -0.4 is 10.6 Å². The van der Waals surface area contributed by atoms with E-state index < -0.39 is 11.9 Å². The van der Waals surface area contributed by atoms with Crippen molar-refractivity contribution in [1.29, 1.82) is 5.26 Å². The monoisotopic (exact) mass is 539 g/mol. The van der Waals surface area contributed by atoms with Crippen LogP contribution in [0, 0.1) is 23.1 Å². The number of amides is 2. The first-order valence-corrected chi connectivity index (χ1v) is 14.2. The molecule has 2 saturated heterocycles. The Morgan fingerprint density at radius 3 is 2.71 bits per heavy atom. The molecule has 2 amide bonds. The van der Waals surface area contributed by atoms with E-state index in [1.54, 1.807) is 19.2 Å². The van der Waals surface area contributed by atoms with Crippen LogP contribution in [0.25, 0.3) is 11.1 Å². The number of piperidine rings is 1. The minimum absolute atomic E-state index is 0.00214. The summed E-state index contributed by atoms with van der Waals surface area (Å²) in [5.41, 5.74) is 1.84. The molecule has 1 aliphatic carbocycles. The topological polar surface area (TPSA) is 97.7 Å². The van der Waals surface area contributed by atoms with Crippen LogP contribution in [-0.2, 0) is 16.0 Å². The van der Waals surface area contributed by atoms with E-state index in [1.165, 1.54) is 17.4 Å². The number of hydrogen-bond donors (Lipinski definition) is 2. The molecule has 3 aliphatic rings. The Bertz CT molecular complexity index is 1210. The summed E-state index contributed by atoms with van der Waals surface area (Å²) in [5.74, 6) is -0.278. The number of halogens is 1. The normalized spacial score (nSPS) is 23.8. The van der Waals surface area contributed by atoms with Gasteiger partial charge in [-0.05, 0) is 59.4 Å². The van der Waals surface area contributed by atoms with Gasteiger partial charge in [-0.2, -0.15) is 5.26 Å². The van der Waals surface area contributed by atoms with Gasteiger partial charge in [0.25, 0.3) is 5.91 Å². The molecule has 0 spiro atoms. The molecule has 2 aliphatic heterocycles. The molecule has 2 N–H and O–H groups in total. The summed E-state index contributed by atoms with van der Waals surface area (Å²) >= 11 is 1.37. The van der Waals surface area contributed by atoms with Crippen LogP contribution in [0.2, 0.25) is 0 Å². The fourth-order valence-electron chi connectivity index (χ4n) is 5.80. The molecule has 8 nitrogen and oxygen atoms in total. The number of thiophene rings is 1. The van der Waals surface area contributed by atoms with Gasteiger partial charge in [-0.3, -0.25) is 14.5 Å². The molecule has 0 unspecified atom stereocenters. The number of piperazine rings is 1. The van der Waals surface area contributed by atoms with Gasteiger partial charge < -0.3 is 20.3 Å². The van der Waals surface area contributed by atoms with E-state index in [-0.39, 0.29) is 24.3 Å². The molecule has 0 radical (unpaired) electrons. The molecule has 3 heterocycles. The predicted molar refractivity (Wildman–Crippen MR) is 143 cm³/mol. The van der Waals surface area contributed by atoms with Crippen molar-refractivity contribution in [1.82, 2.24) is 20.4 Å². The molecule has 2 bridgehead atoms. The van der Waals surface area contributed by atoms with E-state index in [1.807, 2.05) is 16.3 Å². The molecule has 3 fully saturated rings. The van der Waals surface area contributed by atoms with Crippen molar-refractivity contribution in [3.8, 4) is 17.2 Å². The van der Waals surface area contributed by atoms with E-state index in [2.05, 4.69) is 21.6 Å². The number of hydrogen-bond acceptors (Lipinski definition) is 7. The van der Waals surface area contributed by atoms with Gasteiger partial charge in [-0.25, -0.2) is 4.39 Å². The molecule has 1 saturated carbocycles. The number of carbonyl (C=O) groups excluding carboxylic acids is 2. The zero-order valence-corrected chi connectivity index (χ0v) is 22.4. The smallest absolute Gasteiger partial charge is 0.264 e. The van der Waals surface area contributed by atoms with Crippen LogP contribution in [0.1, 0.15) is 34.5 Å². The summed E-state index contributed by atoms with van der Waals surface area (Å²) in [6, 6.07) is 8.16. The second kappa shape index (κ2) is 11.9. The van der Waals surface area contributed by atoms with Crippen LogP contribution in [0.5, 0.6) is 0 Å². The molecule has 5 rings (SSSR count). The highest BCUT2D eigenvalue weighted by Crippen LogP contribution is 2.35. The van der Waals surface area contributed by atoms with Gasteiger partial charge in [0.15, 0.2) is 0 Å². The maximum absolute atomic E-state index is 15.1. The zero-order valence-electron chi connectivity index (χ0n) is 21.6. The second-order valence-electron chi connectivity index (χ2n) is 10.4. The SMILES string of the molecule is COCCN1CCN(C(=O)c2cc(-c3ccc(C[C@@H](C#N)NC(=O)[C@H]4N[C@@H]5CC[C@H]4C5)c(F)c3)cs2)CC1. The van der Waals surface area contributed by atoms with Crippen LogP contribution >= 0.6 is 11.3 Å². The van der Waals surface area contributed by atoms with Crippen LogP contribution in [0.15, 0.2) is 29.6 Å². The predicted octanol–water partition coefficient (Wildman–Crippen LogP) is 2.65. The molecular formula is C28H34FN5O3S. The lowest BCUT2D eigenvalue weighted by Crippen LogP contribution is -2.50.